The second kappa shape index (κ2) is 5.19. The second-order valence-corrected chi connectivity index (χ2v) is 6.24. The molecule has 18 heavy (non-hydrogen) atoms. The van der Waals surface area contributed by atoms with Crippen LogP contribution in [-0.2, 0) is 11.3 Å². The minimum absolute atomic E-state index is 0.108. The molecule has 1 aromatic heterocycles. The van der Waals surface area contributed by atoms with Gasteiger partial charge in [-0.05, 0) is 32.1 Å². The third kappa shape index (κ3) is 2.29. The molecule has 3 rings (SSSR count). The topological polar surface area (TPSA) is 52.0 Å². The summed E-state index contributed by atoms with van der Waals surface area (Å²) in [4.78, 5) is 4.34. The van der Waals surface area contributed by atoms with E-state index in [1.165, 1.54) is 12.2 Å². The lowest BCUT2D eigenvalue weighted by Crippen LogP contribution is -2.41. The number of nitrogens with zero attached hydrogens (tertiary/aromatic N) is 3. The van der Waals surface area contributed by atoms with Gasteiger partial charge < -0.3 is 10.1 Å². The van der Waals surface area contributed by atoms with Crippen molar-refractivity contribution in [2.24, 2.45) is 0 Å². The van der Waals surface area contributed by atoms with Gasteiger partial charge in [-0.1, -0.05) is 0 Å². The average Bonchev–Trinajstić information content (AvgIpc) is 3.00. The first-order valence-corrected chi connectivity index (χ1v) is 7.73. The Balaban J connectivity index is 1.77. The Morgan fingerprint density at radius 3 is 3.39 bits per heavy atom. The number of rotatable bonds is 3. The third-order valence-corrected chi connectivity index (χ3v) is 5.09. The molecule has 2 unspecified atom stereocenters. The van der Waals surface area contributed by atoms with E-state index in [9.17, 15) is 0 Å². The number of aromatic nitrogens is 3. The minimum Gasteiger partial charge on any atom is -0.374 e. The van der Waals surface area contributed by atoms with Crippen LogP contribution in [0.15, 0.2) is 6.33 Å². The van der Waals surface area contributed by atoms with Crippen LogP contribution in [0.5, 0.6) is 0 Å². The largest absolute Gasteiger partial charge is 0.374 e. The summed E-state index contributed by atoms with van der Waals surface area (Å²) in [6.45, 7) is 1.63. The monoisotopic (exact) mass is 268 g/mol. The summed E-state index contributed by atoms with van der Waals surface area (Å²) < 4.78 is 8.16. The summed E-state index contributed by atoms with van der Waals surface area (Å²) in [5.41, 5.74) is 0.108. The molecule has 6 heteroatoms. The summed E-state index contributed by atoms with van der Waals surface area (Å²) in [6, 6.07) is 0.448. The third-order valence-electron chi connectivity index (χ3n) is 3.86. The van der Waals surface area contributed by atoms with Gasteiger partial charge >= 0.3 is 0 Å². The molecule has 2 fully saturated rings. The molecule has 100 valence electrons. The van der Waals surface area contributed by atoms with Gasteiger partial charge in [-0.15, -0.1) is 0 Å². The Kier molecular flexibility index (Phi) is 3.59. The molecule has 1 spiro atoms. The predicted molar refractivity (Wildman–Crippen MR) is 71.7 cm³/mol. The molecule has 0 aliphatic carbocycles. The van der Waals surface area contributed by atoms with Gasteiger partial charge in [0.1, 0.15) is 12.2 Å². The van der Waals surface area contributed by atoms with Crippen molar-refractivity contribution in [3.63, 3.8) is 0 Å². The lowest BCUT2D eigenvalue weighted by molar-refractivity contribution is -0.0782. The van der Waals surface area contributed by atoms with Gasteiger partial charge in [-0.2, -0.15) is 16.9 Å². The van der Waals surface area contributed by atoms with Crippen LogP contribution in [0.4, 0.5) is 0 Å². The first kappa shape index (κ1) is 12.4. The number of hydrogen-bond donors (Lipinski definition) is 1. The number of thioether (sulfide) groups is 1. The van der Waals surface area contributed by atoms with Crippen LogP contribution in [-0.4, -0.2) is 45.5 Å². The molecule has 2 aliphatic rings. The maximum atomic E-state index is 6.06. The minimum atomic E-state index is 0.108. The maximum Gasteiger partial charge on any atom is 0.141 e. The van der Waals surface area contributed by atoms with Crippen LogP contribution in [0.1, 0.15) is 31.1 Å². The van der Waals surface area contributed by atoms with Gasteiger partial charge in [-0.25, -0.2) is 9.67 Å². The van der Waals surface area contributed by atoms with Crippen molar-refractivity contribution in [3.05, 3.63) is 12.2 Å². The summed E-state index contributed by atoms with van der Waals surface area (Å²) in [7, 11) is 1.94. The Bertz CT molecular complexity index is 403. The normalized spacial score (nSPS) is 32.2. The zero-order valence-electron chi connectivity index (χ0n) is 10.8. The van der Waals surface area contributed by atoms with Crippen molar-refractivity contribution >= 4 is 11.8 Å². The van der Waals surface area contributed by atoms with E-state index in [0.717, 1.165) is 37.6 Å². The molecule has 0 amide bonds. The van der Waals surface area contributed by atoms with Crippen molar-refractivity contribution < 1.29 is 4.74 Å². The highest BCUT2D eigenvalue weighted by molar-refractivity contribution is 7.99. The zero-order valence-corrected chi connectivity index (χ0v) is 11.6. The lowest BCUT2D eigenvalue weighted by Gasteiger charge is -2.38. The van der Waals surface area contributed by atoms with Crippen molar-refractivity contribution in [1.82, 2.24) is 20.1 Å². The maximum absolute atomic E-state index is 6.06. The molecule has 0 bridgehead atoms. The molecule has 0 radical (unpaired) electrons. The quantitative estimate of drug-likeness (QED) is 0.893. The van der Waals surface area contributed by atoms with Crippen LogP contribution >= 0.6 is 11.8 Å². The van der Waals surface area contributed by atoms with Gasteiger partial charge in [0, 0.05) is 12.4 Å². The van der Waals surface area contributed by atoms with Crippen LogP contribution in [0, 0.1) is 0 Å². The first-order valence-electron chi connectivity index (χ1n) is 6.58. The fourth-order valence-corrected chi connectivity index (χ4v) is 4.32. The van der Waals surface area contributed by atoms with E-state index in [4.69, 9.17) is 4.74 Å². The number of nitrogens with one attached hydrogen (secondary N) is 1. The molecule has 5 nitrogen and oxygen atoms in total. The fourth-order valence-electron chi connectivity index (χ4n) is 2.94. The van der Waals surface area contributed by atoms with Crippen LogP contribution in [0.25, 0.3) is 0 Å². The van der Waals surface area contributed by atoms with E-state index in [2.05, 4.69) is 20.1 Å². The smallest absolute Gasteiger partial charge is 0.141 e. The molecule has 1 N–H and O–H groups in total. The van der Waals surface area contributed by atoms with E-state index >= 15 is 0 Å². The summed E-state index contributed by atoms with van der Waals surface area (Å²) >= 11 is 2.01. The molecule has 2 atom stereocenters. The summed E-state index contributed by atoms with van der Waals surface area (Å²) in [5, 5.41) is 7.57. The van der Waals surface area contributed by atoms with E-state index in [1.54, 1.807) is 6.33 Å². The van der Waals surface area contributed by atoms with E-state index in [-0.39, 0.29) is 5.60 Å². The molecule has 1 aromatic rings. The van der Waals surface area contributed by atoms with Gasteiger partial charge in [0.2, 0.25) is 0 Å². The van der Waals surface area contributed by atoms with Crippen molar-refractivity contribution in [2.45, 2.75) is 37.5 Å². The average molecular weight is 268 g/mol. The van der Waals surface area contributed by atoms with Crippen molar-refractivity contribution in [3.8, 4) is 0 Å². The highest BCUT2D eigenvalue weighted by atomic mass is 32.2. The zero-order chi connectivity index (χ0) is 12.4. The van der Waals surface area contributed by atoms with Gasteiger partial charge in [-0.3, -0.25) is 0 Å². The fraction of sp³-hybridized carbons (Fsp3) is 0.833. The predicted octanol–water partition coefficient (Wildman–Crippen LogP) is 1.22. The van der Waals surface area contributed by atoms with Crippen LogP contribution in [0.2, 0.25) is 0 Å². The highest BCUT2D eigenvalue weighted by Gasteiger charge is 2.41. The van der Waals surface area contributed by atoms with Crippen molar-refractivity contribution in [2.75, 3.05) is 25.2 Å². The van der Waals surface area contributed by atoms with Crippen molar-refractivity contribution in [1.29, 1.82) is 0 Å². The molecule has 0 saturated carbocycles. The molecular formula is C12H20N4OS. The van der Waals surface area contributed by atoms with Gasteiger partial charge in [0.15, 0.2) is 0 Å². The second-order valence-electron chi connectivity index (χ2n) is 5.13. The summed E-state index contributed by atoms with van der Waals surface area (Å²) in [6.07, 6.45) is 4.98. The Labute approximate surface area is 112 Å². The van der Waals surface area contributed by atoms with E-state index < -0.39 is 0 Å². The highest BCUT2D eigenvalue weighted by Crippen LogP contribution is 2.41. The number of ether oxygens (including phenoxy) is 1. The van der Waals surface area contributed by atoms with Gasteiger partial charge in [0.05, 0.1) is 18.2 Å². The van der Waals surface area contributed by atoms with Crippen LogP contribution < -0.4 is 5.32 Å². The van der Waals surface area contributed by atoms with E-state index in [1.807, 2.05) is 18.8 Å². The Morgan fingerprint density at radius 1 is 1.67 bits per heavy atom. The first-order chi connectivity index (χ1) is 8.83. The lowest BCUT2D eigenvalue weighted by atomic mass is 9.90. The van der Waals surface area contributed by atoms with Gasteiger partial charge in [0.25, 0.3) is 0 Å². The van der Waals surface area contributed by atoms with E-state index in [0.29, 0.717) is 6.04 Å². The summed E-state index contributed by atoms with van der Waals surface area (Å²) in [5.74, 6) is 3.40. The molecule has 3 heterocycles. The standard InChI is InChI=1S/C12H20N4OS/c1-13-7-11-14-9-15-16(11)10-2-4-17-12(6-10)3-5-18-8-12/h9-10,13H,2-8H2,1H3. The molecular weight excluding hydrogens is 248 g/mol. The molecule has 2 saturated heterocycles. The SMILES string of the molecule is CNCc1ncnn1C1CCOC2(CCSC2)C1. The molecule has 2 aliphatic heterocycles. The van der Waals surface area contributed by atoms with Crippen LogP contribution in [0.3, 0.4) is 0 Å². The Morgan fingerprint density at radius 2 is 2.61 bits per heavy atom. The molecule has 0 aromatic carbocycles. The number of hydrogen-bond acceptors (Lipinski definition) is 5. The Hall–Kier alpha value is -0.590.